The normalized spacial score (nSPS) is 17.5. The molecule has 0 spiro atoms. The average molecular weight is 228 g/mol. The van der Waals surface area contributed by atoms with Gasteiger partial charge in [-0.3, -0.25) is 0 Å². The topological polar surface area (TPSA) is 55.5 Å². The van der Waals surface area contributed by atoms with Crippen LogP contribution < -0.4 is 10.5 Å². The fraction of sp³-hybridized carbons (Fsp3) is 0.455. The number of hydrogen-bond donors (Lipinski definition) is 2. The lowest BCUT2D eigenvalue weighted by Crippen LogP contribution is -2.12. The highest BCUT2D eigenvalue weighted by atomic mass is 35.5. The third kappa shape index (κ3) is 2.03. The van der Waals surface area contributed by atoms with E-state index < -0.39 is 0 Å². The van der Waals surface area contributed by atoms with E-state index in [1.807, 2.05) is 0 Å². The standard InChI is InChI=1S/C11H14ClNO2/c1-15-9-5-7(4-8(12)11(9)14)10(13)6-2-3-6/h4-6,10,14H,2-3,13H2,1H3/t10-/m0/s1. The summed E-state index contributed by atoms with van der Waals surface area (Å²) in [5.74, 6) is 0.912. The van der Waals surface area contributed by atoms with E-state index in [0.29, 0.717) is 16.7 Å². The van der Waals surface area contributed by atoms with Gasteiger partial charge in [0.25, 0.3) is 0 Å². The van der Waals surface area contributed by atoms with Gasteiger partial charge in [0.05, 0.1) is 12.1 Å². The van der Waals surface area contributed by atoms with Crippen LogP contribution in [0.2, 0.25) is 5.02 Å². The van der Waals surface area contributed by atoms with E-state index in [4.69, 9.17) is 22.1 Å². The second kappa shape index (κ2) is 3.91. The molecule has 0 heterocycles. The van der Waals surface area contributed by atoms with Crippen LogP contribution in [-0.4, -0.2) is 12.2 Å². The molecular weight excluding hydrogens is 214 g/mol. The van der Waals surface area contributed by atoms with Gasteiger partial charge in [-0.1, -0.05) is 11.6 Å². The van der Waals surface area contributed by atoms with E-state index in [2.05, 4.69) is 0 Å². The second-order valence-electron chi connectivity index (χ2n) is 3.92. The van der Waals surface area contributed by atoms with Gasteiger partial charge in [-0.05, 0) is 36.5 Å². The van der Waals surface area contributed by atoms with Gasteiger partial charge in [-0.15, -0.1) is 0 Å². The molecule has 2 rings (SSSR count). The van der Waals surface area contributed by atoms with Gasteiger partial charge in [-0.25, -0.2) is 0 Å². The van der Waals surface area contributed by atoms with E-state index in [9.17, 15) is 5.11 Å². The Labute approximate surface area is 93.8 Å². The van der Waals surface area contributed by atoms with Crippen molar-refractivity contribution in [1.29, 1.82) is 0 Å². The number of phenolic OH excluding ortho intramolecular Hbond substituents is 1. The van der Waals surface area contributed by atoms with Gasteiger partial charge in [0.1, 0.15) is 0 Å². The molecule has 0 unspecified atom stereocenters. The molecule has 3 nitrogen and oxygen atoms in total. The summed E-state index contributed by atoms with van der Waals surface area (Å²) in [5.41, 5.74) is 6.97. The van der Waals surface area contributed by atoms with E-state index in [1.165, 1.54) is 20.0 Å². The molecule has 1 aromatic rings. The molecule has 0 saturated heterocycles. The summed E-state index contributed by atoms with van der Waals surface area (Å²) in [5, 5.41) is 9.85. The summed E-state index contributed by atoms with van der Waals surface area (Å²) in [4.78, 5) is 0. The summed E-state index contributed by atoms with van der Waals surface area (Å²) in [6.07, 6.45) is 2.34. The van der Waals surface area contributed by atoms with Crippen molar-refractivity contribution in [3.63, 3.8) is 0 Å². The highest BCUT2D eigenvalue weighted by Crippen LogP contribution is 2.43. The van der Waals surface area contributed by atoms with Crippen molar-refractivity contribution >= 4 is 11.6 Å². The monoisotopic (exact) mass is 227 g/mol. The number of phenols is 1. The number of benzene rings is 1. The van der Waals surface area contributed by atoms with Crippen molar-refractivity contribution in [2.24, 2.45) is 11.7 Å². The van der Waals surface area contributed by atoms with E-state index in [-0.39, 0.29) is 11.8 Å². The molecule has 0 bridgehead atoms. The van der Waals surface area contributed by atoms with Gasteiger partial charge in [0.2, 0.25) is 0 Å². The molecule has 1 aliphatic rings. The van der Waals surface area contributed by atoms with Crippen LogP contribution in [-0.2, 0) is 0 Å². The average Bonchev–Trinajstić information content (AvgIpc) is 3.04. The predicted molar refractivity (Wildman–Crippen MR) is 59.3 cm³/mol. The lowest BCUT2D eigenvalue weighted by molar-refractivity contribution is 0.372. The molecule has 0 aromatic heterocycles. The first-order valence-corrected chi connectivity index (χ1v) is 5.33. The fourth-order valence-corrected chi connectivity index (χ4v) is 1.89. The van der Waals surface area contributed by atoms with Gasteiger partial charge >= 0.3 is 0 Å². The van der Waals surface area contributed by atoms with E-state index in [1.54, 1.807) is 12.1 Å². The SMILES string of the molecule is COc1cc([C@@H](N)C2CC2)cc(Cl)c1O. The minimum atomic E-state index is -0.0223. The Morgan fingerprint density at radius 3 is 2.73 bits per heavy atom. The zero-order valence-electron chi connectivity index (χ0n) is 8.53. The lowest BCUT2D eigenvalue weighted by Gasteiger charge is -2.14. The number of nitrogens with two attached hydrogens (primary N) is 1. The summed E-state index contributed by atoms with van der Waals surface area (Å²) in [6.45, 7) is 0. The van der Waals surface area contributed by atoms with Gasteiger partial charge in [-0.2, -0.15) is 0 Å². The van der Waals surface area contributed by atoms with Crippen molar-refractivity contribution < 1.29 is 9.84 Å². The van der Waals surface area contributed by atoms with Crippen molar-refractivity contribution in [2.45, 2.75) is 18.9 Å². The van der Waals surface area contributed by atoms with Crippen molar-refractivity contribution in [3.05, 3.63) is 22.7 Å². The smallest absolute Gasteiger partial charge is 0.176 e. The maximum absolute atomic E-state index is 9.56. The maximum Gasteiger partial charge on any atom is 0.176 e. The van der Waals surface area contributed by atoms with Crippen LogP contribution >= 0.6 is 11.6 Å². The fourth-order valence-electron chi connectivity index (χ4n) is 1.67. The Balaban J connectivity index is 2.35. The summed E-state index contributed by atoms with van der Waals surface area (Å²) in [7, 11) is 1.50. The largest absolute Gasteiger partial charge is 0.503 e. The molecule has 82 valence electrons. The quantitative estimate of drug-likeness (QED) is 0.834. The van der Waals surface area contributed by atoms with Crippen LogP contribution in [0.15, 0.2) is 12.1 Å². The summed E-state index contributed by atoms with van der Waals surface area (Å²) < 4.78 is 5.03. The van der Waals surface area contributed by atoms with Crippen LogP contribution in [0.3, 0.4) is 0 Å². The third-order valence-corrected chi connectivity index (χ3v) is 3.07. The molecule has 0 aliphatic heterocycles. The van der Waals surface area contributed by atoms with Crippen LogP contribution in [0.5, 0.6) is 11.5 Å². The molecular formula is C11H14ClNO2. The van der Waals surface area contributed by atoms with Gasteiger partial charge in [0.15, 0.2) is 11.5 Å². The highest BCUT2D eigenvalue weighted by molar-refractivity contribution is 6.32. The van der Waals surface area contributed by atoms with E-state index in [0.717, 1.165) is 5.56 Å². The summed E-state index contributed by atoms with van der Waals surface area (Å²) >= 11 is 5.88. The first-order chi connectivity index (χ1) is 7.13. The lowest BCUT2D eigenvalue weighted by atomic mass is 10.0. The molecule has 1 aliphatic carbocycles. The summed E-state index contributed by atoms with van der Waals surface area (Å²) in [6, 6.07) is 3.46. The van der Waals surface area contributed by atoms with Crippen molar-refractivity contribution in [2.75, 3.05) is 7.11 Å². The molecule has 4 heteroatoms. The van der Waals surface area contributed by atoms with Crippen LogP contribution in [0.1, 0.15) is 24.4 Å². The third-order valence-electron chi connectivity index (χ3n) is 2.79. The molecule has 1 saturated carbocycles. The Hall–Kier alpha value is -0.930. The Bertz CT molecular complexity index is 377. The zero-order valence-corrected chi connectivity index (χ0v) is 9.29. The number of rotatable bonds is 3. The number of hydrogen-bond acceptors (Lipinski definition) is 3. The first-order valence-electron chi connectivity index (χ1n) is 4.95. The molecule has 15 heavy (non-hydrogen) atoms. The molecule has 3 N–H and O–H groups in total. The number of halogens is 1. The van der Waals surface area contributed by atoms with Crippen LogP contribution in [0.4, 0.5) is 0 Å². The first kappa shape index (κ1) is 10.6. The Kier molecular flexibility index (Phi) is 2.76. The minimum absolute atomic E-state index is 0.00278. The second-order valence-corrected chi connectivity index (χ2v) is 4.32. The number of aromatic hydroxyl groups is 1. The molecule has 1 fully saturated rings. The number of ether oxygens (including phenoxy) is 1. The van der Waals surface area contributed by atoms with Crippen molar-refractivity contribution in [3.8, 4) is 11.5 Å². The number of methoxy groups -OCH3 is 1. The maximum atomic E-state index is 9.56. The van der Waals surface area contributed by atoms with Crippen molar-refractivity contribution in [1.82, 2.24) is 0 Å². The molecule has 1 aromatic carbocycles. The predicted octanol–water partition coefficient (Wildman–Crippen LogP) is 2.46. The van der Waals surface area contributed by atoms with E-state index >= 15 is 0 Å². The molecule has 0 amide bonds. The minimum Gasteiger partial charge on any atom is -0.503 e. The van der Waals surface area contributed by atoms with Crippen LogP contribution in [0, 0.1) is 5.92 Å². The van der Waals surface area contributed by atoms with Gasteiger partial charge in [0, 0.05) is 6.04 Å². The van der Waals surface area contributed by atoms with Crippen LogP contribution in [0.25, 0.3) is 0 Å². The zero-order chi connectivity index (χ0) is 11.0. The highest BCUT2D eigenvalue weighted by Gasteiger charge is 2.30. The Morgan fingerprint density at radius 2 is 2.20 bits per heavy atom. The molecule has 0 radical (unpaired) electrons. The van der Waals surface area contributed by atoms with Gasteiger partial charge < -0.3 is 15.6 Å². The molecule has 1 atom stereocenters. The Morgan fingerprint density at radius 1 is 1.53 bits per heavy atom.